The maximum atomic E-state index is 12.3. The molecule has 106 valence electrons. The largest absolute Gasteiger partial charge is 0.392 e. The molecule has 0 aromatic heterocycles. The van der Waals surface area contributed by atoms with Crippen molar-refractivity contribution >= 4 is 33.2 Å². The third-order valence-electron chi connectivity index (χ3n) is 3.38. The topological polar surface area (TPSA) is 66.4 Å². The minimum atomic E-state index is -3.74. The second-order valence-corrected chi connectivity index (χ2v) is 7.52. The summed E-state index contributed by atoms with van der Waals surface area (Å²) >= 11 is 11.9. The molecule has 0 aliphatic heterocycles. The molecule has 7 heteroatoms. The first kappa shape index (κ1) is 15.1. The summed E-state index contributed by atoms with van der Waals surface area (Å²) in [5.74, 6) is 0. The zero-order chi connectivity index (χ0) is 14.3. The number of rotatable bonds is 4. The van der Waals surface area contributed by atoms with Crippen LogP contribution in [0.15, 0.2) is 17.0 Å². The average molecular weight is 324 g/mol. The highest BCUT2D eigenvalue weighted by molar-refractivity contribution is 7.89. The number of aliphatic hydroxyl groups excluding tert-OH is 1. The molecule has 4 nitrogen and oxygen atoms in total. The highest BCUT2D eigenvalue weighted by Crippen LogP contribution is 2.35. The average Bonchev–Trinajstić information content (AvgIpc) is 2.29. The Morgan fingerprint density at radius 1 is 1.37 bits per heavy atom. The quantitative estimate of drug-likeness (QED) is 0.895. The predicted molar refractivity (Wildman–Crippen MR) is 75.0 cm³/mol. The first-order chi connectivity index (χ1) is 8.77. The van der Waals surface area contributed by atoms with E-state index in [-0.39, 0.29) is 21.5 Å². The molecule has 1 aromatic rings. The second-order valence-electron chi connectivity index (χ2n) is 5.05. The molecule has 1 saturated carbocycles. The van der Waals surface area contributed by atoms with Gasteiger partial charge in [0.2, 0.25) is 10.0 Å². The summed E-state index contributed by atoms with van der Waals surface area (Å²) in [4.78, 5) is -0.0844. The lowest BCUT2D eigenvalue weighted by Crippen LogP contribution is -2.50. The van der Waals surface area contributed by atoms with Gasteiger partial charge in [-0.15, -0.1) is 0 Å². The Bertz CT molecular complexity index is 597. The van der Waals surface area contributed by atoms with Crippen molar-refractivity contribution in [3.63, 3.8) is 0 Å². The van der Waals surface area contributed by atoms with Crippen LogP contribution in [0.1, 0.15) is 31.7 Å². The smallest absolute Gasteiger partial charge is 0.242 e. The van der Waals surface area contributed by atoms with Crippen LogP contribution in [0.25, 0.3) is 0 Å². The molecule has 0 unspecified atom stereocenters. The molecule has 0 radical (unpaired) electrons. The van der Waals surface area contributed by atoms with Gasteiger partial charge < -0.3 is 5.11 Å². The van der Waals surface area contributed by atoms with Crippen molar-refractivity contribution in [2.45, 2.75) is 43.2 Å². The van der Waals surface area contributed by atoms with Crippen molar-refractivity contribution in [1.82, 2.24) is 4.72 Å². The predicted octanol–water partition coefficient (Wildman–Crippen LogP) is 2.71. The fraction of sp³-hybridized carbons (Fsp3) is 0.500. The number of sulfonamides is 1. The summed E-state index contributed by atoms with van der Waals surface area (Å²) in [5, 5.41) is 9.41. The van der Waals surface area contributed by atoms with Crippen LogP contribution >= 0.6 is 23.2 Å². The molecular weight excluding hydrogens is 309 g/mol. The Labute approximate surface area is 122 Å². The van der Waals surface area contributed by atoms with Gasteiger partial charge in [0.1, 0.15) is 4.90 Å². The van der Waals surface area contributed by atoms with Crippen molar-refractivity contribution in [3.8, 4) is 0 Å². The van der Waals surface area contributed by atoms with Crippen LogP contribution in [0, 0.1) is 0 Å². The standard InChI is InChI=1S/C12H15Cl2NO3S/c1-12(3-2-4-12)15-19(17,18)10-6-9(13)5-8(7-16)11(10)14/h5-6,15-16H,2-4,7H2,1H3. The van der Waals surface area contributed by atoms with Gasteiger partial charge in [-0.2, -0.15) is 0 Å². The molecule has 1 aliphatic carbocycles. The van der Waals surface area contributed by atoms with Crippen molar-refractivity contribution in [2.24, 2.45) is 0 Å². The van der Waals surface area contributed by atoms with Gasteiger partial charge in [0.25, 0.3) is 0 Å². The minimum Gasteiger partial charge on any atom is -0.392 e. The van der Waals surface area contributed by atoms with Crippen LogP contribution < -0.4 is 4.72 Å². The molecule has 1 fully saturated rings. The van der Waals surface area contributed by atoms with E-state index in [1.165, 1.54) is 12.1 Å². The van der Waals surface area contributed by atoms with E-state index in [2.05, 4.69) is 4.72 Å². The molecule has 19 heavy (non-hydrogen) atoms. The molecule has 2 rings (SSSR count). The number of hydrogen-bond acceptors (Lipinski definition) is 3. The van der Waals surface area contributed by atoms with E-state index >= 15 is 0 Å². The van der Waals surface area contributed by atoms with E-state index in [1.54, 1.807) is 0 Å². The highest BCUT2D eigenvalue weighted by Gasteiger charge is 2.37. The highest BCUT2D eigenvalue weighted by atomic mass is 35.5. The molecule has 1 aromatic carbocycles. The first-order valence-corrected chi connectivity index (χ1v) is 8.14. The zero-order valence-electron chi connectivity index (χ0n) is 10.4. The Morgan fingerprint density at radius 3 is 2.47 bits per heavy atom. The summed E-state index contributed by atoms with van der Waals surface area (Å²) in [6.45, 7) is 1.50. The fourth-order valence-corrected chi connectivity index (χ4v) is 4.51. The minimum absolute atomic E-state index is 0.0160. The number of hydrogen-bond donors (Lipinski definition) is 2. The Hall–Kier alpha value is -0.330. The Morgan fingerprint density at radius 2 is 2.00 bits per heavy atom. The maximum Gasteiger partial charge on any atom is 0.242 e. The lowest BCUT2D eigenvalue weighted by Gasteiger charge is -2.38. The summed E-state index contributed by atoms with van der Waals surface area (Å²) < 4.78 is 27.3. The monoisotopic (exact) mass is 323 g/mol. The number of benzene rings is 1. The van der Waals surface area contributed by atoms with E-state index in [1.807, 2.05) is 6.92 Å². The summed E-state index contributed by atoms with van der Waals surface area (Å²) in [6.07, 6.45) is 2.61. The van der Waals surface area contributed by atoms with Crippen LogP contribution in [0.4, 0.5) is 0 Å². The van der Waals surface area contributed by atoms with Gasteiger partial charge in [0.15, 0.2) is 0 Å². The molecule has 0 atom stereocenters. The molecule has 0 bridgehead atoms. The van der Waals surface area contributed by atoms with Gasteiger partial charge in [-0.3, -0.25) is 0 Å². The molecular formula is C12H15Cl2NO3S. The number of nitrogens with one attached hydrogen (secondary N) is 1. The molecule has 1 aliphatic rings. The van der Waals surface area contributed by atoms with Crippen LogP contribution in [0.3, 0.4) is 0 Å². The van der Waals surface area contributed by atoms with Crippen molar-refractivity contribution in [1.29, 1.82) is 0 Å². The third-order valence-corrected chi connectivity index (χ3v) is 5.82. The van der Waals surface area contributed by atoms with Crippen LogP contribution in [-0.4, -0.2) is 19.1 Å². The van der Waals surface area contributed by atoms with Gasteiger partial charge in [0.05, 0.1) is 11.6 Å². The Balaban J connectivity index is 2.42. The van der Waals surface area contributed by atoms with E-state index in [0.29, 0.717) is 5.56 Å². The lowest BCUT2D eigenvalue weighted by molar-refractivity contribution is 0.248. The van der Waals surface area contributed by atoms with E-state index in [9.17, 15) is 8.42 Å². The zero-order valence-corrected chi connectivity index (χ0v) is 12.7. The van der Waals surface area contributed by atoms with Crippen molar-refractivity contribution < 1.29 is 13.5 Å². The number of aliphatic hydroxyl groups is 1. The maximum absolute atomic E-state index is 12.3. The lowest BCUT2D eigenvalue weighted by atomic mass is 9.80. The fourth-order valence-electron chi connectivity index (χ4n) is 2.12. The molecule has 2 N–H and O–H groups in total. The second kappa shape index (κ2) is 5.22. The summed E-state index contributed by atoms with van der Waals surface area (Å²) in [7, 11) is -3.74. The molecule has 0 amide bonds. The first-order valence-electron chi connectivity index (χ1n) is 5.90. The van der Waals surface area contributed by atoms with Crippen LogP contribution in [-0.2, 0) is 16.6 Å². The van der Waals surface area contributed by atoms with Crippen molar-refractivity contribution in [2.75, 3.05) is 0 Å². The van der Waals surface area contributed by atoms with Crippen LogP contribution in [0.5, 0.6) is 0 Å². The summed E-state index contributed by atoms with van der Waals surface area (Å²) in [6, 6.07) is 2.75. The van der Waals surface area contributed by atoms with Gasteiger partial charge >= 0.3 is 0 Å². The van der Waals surface area contributed by atoms with Gasteiger partial charge in [-0.05, 0) is 43.9 Å². The Kier molecular flexibility index (Phi) is 4.14. The van der Waals surface area contributed by atoms with Gasteiger partial charge in [-0.25, -0.2) is 13.1 Å². The van der Waals surface area contributed by atoms with E-state index in [0.717, 1.165) is 19.3 Å². The van der Waals surface area contributed by atoms with Crippen LogP contribution in [0.2, 0.25) is 10.0 Å². The van der Waals surface area contributed by atoms with E-state index in [4.69, 9.17) is 28.3 Å². The third kappa shape index (κ3) is 3.06. The van der Waals surface area contributed by atoms with E-state index < -0.39 is 15.6 Å². The molecule has 0 spiro atoms. The van der Waals surface area contributed by atoms with Gasteiger partial charge in [0, 0.05) is 10.6 Å². The van der Waals surface area contributed by atoms with Gasteiger partial charge in [-0.1, -0.05) is 23.2 Å². The summed E-state index contributed by atoms with van der Waals surface area (Å²) in [5.41, 5.74) is -0.113. The normalized spacial score (nSPS) is 18.1. The molecule has 0 saturated heterocycles. The number of halogens is 2. The van der Waals surface area contributed by atoms with Crippen molar-refractivity contribution in [3.05, 3.63) is 27.7 Å². The molecule has 0 heterocycles. The SMILES string of the molecule is CC1(NS(=O)(=O)c2cc(Cl)cc(CO)c2Cl)CCC1.